The molecule has 0 amide bonds. The zero-order valence-electron chi connectivity index (χ0n) is 9.94. The Hall–Kier alpha value is -1.75. The van der Waals surface area contributed by atoms with Crippen molar-refractivity contribution in [3.8, 4) is 17.4 Å². The van der Waals surface area contributed by atoms with E-state index in [9.17, 15) is 4.39 Å². The number of ether oxygens (including phenoxy) is 1. The van der Waals surface area contributed by atoms with Crippen LogP contribution in [0.1, 0.15) is 12.5 Å². The molecule has 2 rings (SSSR count). The quantitative estimate of drug-likeness (QED) is 0.858. The third kappa shape index (κ3) is 2.73. The monoisotopic (exact) mass is 267 g/mol. The molecule has 1 aromatic heterocycles. The number of aryl methyl sites for hydroxylation is 1. The first-order valence-corrected chi connectivity index (χ1v) is 5.79. The molecule has 0 unspecified atom stereocenters. The van der Waals surface area contributed by atoms with E-state index in [1.54, 1.807) is 19.1 Å². The second-order valence-corrected chi connectivity index (χ2v) is 3.95. The lowest BCUT2D eigenvalue weighted by atomic mass is 10.1. The Balaban J connectivity index is 2.46. The summed E-state index contributed by atoms with van der Waals surface area (Å²) in [6, 6.07) is 4.76. The van der Waals surface area contributed by atoms with Crippen LogP contribution in [0.5, 0.6) is 6.01 Å². The average Bonchev–Trinajstić information content (AvgIpc) is 2.32. The Morgan fingerprint density at radius 1 is 1.28 bits per heavy atom. The van der Waals surface area contributed by atoms with Gasteiger partial charge in [0.25, 0.3) is 0 Å². The normalized spacial score (nSPS) is 10.4. The van der Waals surface area contributed by atoms with Crippen molar-refractivity contribution in [3.63, 3.8) is 0 Å². The summed E-state index contributed by atoms with van der Waals surface area (Å²) in [7, 11) is 0. The van der Waals surface area contributed by atoms with Crippen molar-refractivity contribution >= 4 is 11.6 Å². The first-order chi connectivity index (χ1) is 8.60. The third-order valence-electron chi connectivity index (χ3n) is 2.28. The number of rotatable bonds is 3. The molecule has 6 heteroatoms. The van der Waals surface area contributed by atoms with E-state index in [0.29, 0.717) is 23.6 Å². The van der Waals surface area contributed by atoms with Gasteiger partial charge in [0.2, 0.25) is 5.28 Å². The van der Waals surface area contributed by atoms with Crippen molar-refractivity contribution in [2.45, 2.75) is 13.8 Å². The van der Waals surface area contributed by atoms with Gasteiger partial charge in [-0.25, -0.2) is 4.39 Å². The van der Waals surface area contributed by atoms with Crippen LogP contribution in [-0.2, 0) is 0 Å². The molecule has 0 fully saturated rings. The van der Waals surface area contributed by atoms with E-state index in [1.165, 1.54) is 6.07 Å². The van der Waals surface area contributed by atoms with Crippen molar-refractivity contribution in [2.75, 3.05) is 6.61 Å². The highest BCUT2D eigenvalue weighted by Crippen LogP contribution is 2.21. The lowest BCUT2D eigenvalue weighted by Crippen LogP contribution is -2.01. The molecule has 1 heterocycles. The van der Waals surface area contributed by atoms with Crippen molar-refractivity contribution in [3.05, 3.63) is 34.9 Å². The Bertz CT molecular complexity index is 577. The lowest BCUT2D eigenvalue weighted by Gasteiger charge is -2.05. The van der Waals surface area contributed by atoms with E-state index >= 15 is 0 Å². The summed E-state index contributed by atoms with van der Waals surface area (Å²) in [4.78, 5) is 11.9. The summed E-state index contributed by atoms with van der Waals surface area (Å²) in [5.41, 5.74) is 1.18. The second-order valence-electron chi connectivity index (χ2n) is 3.61. The molecule has 0 atom stereocenters. The van der Waals surface area contributed by atoms with Crippen LogP contribution >= 0.6 is 11.6 Å². The molecule has 0 N–H and O–H groups in total. The largest absolute Gasteiger partial charge is 0.464 e. The summed E-state index contributed by atoms with van der Waals surface area (Å²) in [5, 5.41) is 0.0467. The van der Waals surface area contributed by atoms with Crippen LogP contribution in [0.25, 0.3) is 11.4 Å². The summed E-state index contributed by atoms with van der Waals surface area (Å²) in [6.07, 6.45) is 0. The number of nitrogens with zero attached hydrogens (tertiary/aromatic N) is 3. The molecule has 18 heavy (non-hydrogen) atoms. The smallest absolute Gasteiger partial charge is 0.321 e. The number of hydrogen-bond donors (Lipinski definition) is 0. The lowest BCUT2D eigenvalue weighted by molar-refractivity contribution is 0.312. The second kappa shape index (κ2) is 5.27. The predicted molar refractivity (Wildman–Crippen MR) is 66.1 cm³/mol. The molecule has 94 valence electrons. The minimum absolute atomic E-state index is 0.0467. The molecule has 0 aliphatic rings. The van der Waals surface area contributed by atoms with Gasteiger partial charge in [0.05, 0.1) is 6.61 Å². The zero-order valence-corrected chi connectivity index (χ0v) is 10.7. The molecule has 0 aliphatic heterocycles. The number of halogens is 2. The van der Waals surface area contributed by atoms with E-state index in [4.69, 9.17) is 16.3 Å². The van der Waals surface area contributed by atoms with Crippen molar-refractivity contribution in [2.24, 2.45) is 0 Å². The molecule has 0 spiro atoms. The number of aromatic nitrogens is 3. The van der Waals surface area contributed by atoms with Crippen LogP contribution in [0.4, 0.5) is 4.39 Å². The fraction of sp³-hybridized carbons (Fsp3) is 0.250. The molecule has 0 radical (unpaired) electrons. The first-order valence-electron chi connectivity index (χ1n) is 5.41. The van der Waals surface area contributed by atoms with Gasteiger partial charge in [-0.2, -0.15) is 15.0 Å². The third-order valence-corrected chi connectivity index (χ3v) is 2.45. The van der Waals surface area contributed by atoms with Gasteiger partial charge >= 0.3 is 6.01 Å². The van der Waals surface area contributed by atoms with E-state index in [1.807, 2.05) is 6.92 Å². The standard InChI is InChI=1S/C12H11ClFN3O/c1-3-18-12-16-10(15-11(13)17-12)8-4-5-9(14)7(2)6-8/h4-6H,3H2,1-2H3. The van der Waals surface area contributed by atoms with Gasteiger partial charge in [-0.1, -0.05) is 0 Å². The molecule has 4 nitrogen and oxygen atoms in total. The van der Waals surface area contributed by atoms with E-state index in [0.717, 1.165) is 0 Å². The highest BCUT2D eigenvalue weighted by molar-refractivity contribution is 6.28. The minimum atomic E-state index is -0.274. The van der Waals surface area contributed by atoms with Gasteiger partial charge in [0, 0.05) is 5.56 Å². The van der Waals surface area contributed by atoms with Crippen molar-refractivity contribution in [1.82, 2.24) is 15.0 Å². The Labute approximate surface area is 109 Å². The predicted octanol–water partition coefficient (Wildman–Crippen LogP) is 3.04. The van der Waals surface area contributed by atoms with Crippen LogP contribution in [0, 0.1) is 12.7 Å². The fourth-order valence-electron chi connectivity index (χ4n) is 1.44. The van der Waals surface area contributed by atoms with Gasteiger partial charge in [-0.05, 0) is 49.2 Å². The molecular formula is C12H11ClFN3O. The van der Waals surface area contributed by atoms with E-state index < -0.39 is 0 Å². The van der Waals surface area contributed by atoms with Gasteiger partial charge in [0.1, 0.15) is 5.82 Å². The van der Waals surface area contributed by atoms with E-state index in [2.05, 4.69) is 15.0 Å². The Kier molecular flexibility index (Phi) is 3.72. The highest BCUT2D eigenvalue weighted by atomic mass is 35.5. The number of hydrogen-bond acceptors (Lipinski definition) is 4. The highest BCUT2D eigenvalue weighted by Gasteiger charge is 2.09. The van der Waals surface area contributed by atoms with Gasteiger partial charge in [-0.3, -0.25) is 0 Å². The summed E-state index contributed by atoms with van der Waals surface area (Å²) < 4.78 is 18.4. The molecule has 0 saturated heterocycles. The van der Waals surface area contributed by atoms with Crippen molar-refractivity contribution < 1.29 is 9.13 Å². The summed E-state index contributed by atoms with van der Waals surface area (Å²) >= 11 is 5.79. The van der Waals surface area contributed by atoms with Crippen LogP contribution in [0.3, 0.4) is 0 Å². The van der Waals surface area contributed by atoms with Gasteiger partial charge in [0.15, 0.2) is 5.82 Å². The van der Waals surface area contributed by atoms with Gasteiger partial charge < -0.3 is 4.74 Å². The molecule has 2 aromatic rings. The van der Waals surface area contributed by atoms with E-state index in [-0.39, 0.29) is 17.1 Å². The topological polar surface area (TPSA) is 47.9 Å². The SMILES string of the molecule is CCOc1nc(Cl)nc(-c2ccc(F)c(C)c2)n1. The molecule has 0 saturated carbocycles. The van der Waals surface area contributed by atoms with Crippen LogP contribution in [0.15, 0.2) is 18.2 Å². The van der Waals surface area contributed by atoms with Crippen molar-refractivity contribution in [1.29, 1.82) is 0 Å². The summed E-state index contributed by atoms with van der Waals surface area (Å²) in [5.74, 6) is 0.0884. The first kappa shape index (κ1) is 12.7. The van der Waals surface area contributed by atoms with Crippen LogP contribution in [0.2, 0.25) is 5.28 Å². The molecule has 0 bridgehead atoms. The van der Waals surface area contributed by atoms with Gasteiger partial charge in [-0.15, -0.1) is 0 Å². The minimum Gasteiger partial charge on any atom is -0.464 e. The molecular weight excluding hydrogens is 257 g/mol. The zero-order chi connectivity index (χ0) is 13.1. The Morgan fingerprint density at radius 2 is 2.06 bits per heavy atom. The molecule has 1 aromatic carbocycles. The van der Waals surface area contributed by atoms with Crippen LogP contribution in [-0.4, -0.2) is 21.6 Å². The number of benzene rings is 1. The molecule has 0 aliphatic carbocycles. The Morgan fingerprint density at radius 3 is 2.72 bits per heavy atom. The van der Waals surface area contributed by atoms with Crippen LogP contribution < -0.4 is 4.74 Å². The maximum absolute atomic E-state index is 13.2. The fourth-order valence-corrected chi connectivity index (χ4v) is 1.59. The summed E-state index contributed by atoms with van der Waals surface area (Å²) in [6.45, 7) is 3.92. The average molecular weight is 268 g/mol. The maximum atomic E-state index is 13.2. The maximum Gasteiger partial charge on any atom is 0.321 e.